The Morgan fingerprint density at radius 3 is 2.00 bits per heavy atom. The van der Waals surface area contributed by atoms with Crippen molar-refractivity contribution < 1.29 is 14.5 Å². The average molecular weight is 279 g/mol. The highest BCUT2D eigenvalue weighted by molar-refractivity contribution is 5.60. The third-order valence-electron chi connectivity index (χ3n) is 3.08. The van der Waals surface area contributed by atoms with Crippen LogP contribution in [0.25, 0.3) is 0 Å². The first-order valence-corrected chi connectivity index (χ1v) is 7.69. The molecule has 0 N–H and O–H groups in total. The number of hydrogen-bond acceptors (Lipinski definition) is 2. The second kappa shape index (κ2) is 12.6. The molecule has 0 bridgehead atoms. The Bertz CT molecular complexity index is 343. The van der Waals surface area contributed by atoms with Crippen molar-refractivity contribution in [1.29, 1.82) is 0 Å². The minimum atomic E-state index is -1.08. The Morgan fingerprint density at radius 2 is 1.50 bits per heavy atom. The summed E-state index contributed by atoms with van der Waals surface area (Å²) in [6.45, 7) is 6.56. The molecule has 0 spiro atoms. The molecule has 3 heteroatoms. The number of aromatic nitrogens is 1. The fraction of sp³-hybridized carbons (Fsp3) is 0.647. The summed E-state index contributed by atoms with van der Waals surface area (Å²) in [4.78, 5) is 8.89. The molecule has 0 radical (unpaired) electrons. The maximum Gasteiger partial charge on any atom is 0.169 e. The van der Waals surface area contributed by atoms with Gasteiger partial charge in [0.15, 0.2) is 12.4 Å². The van der Waals surface area contributed by atoms with E-state index in [1.807, 2.05) is 0 Å². The molecule has 20 heavy (non-hydrogen) atoms. The van der Waals surface area contributed by atoms with Crippen molar-refractivity contribution in [3.63, 3.8) is 0 Å². The number of carboxylic acids is 1. The van der Waals surface area contributed by atoms with Gasteiger partial charge < -0.3 is 9.90 Å². The minimum absolute atomic E-state index is 0.972. The summed E-state index contributed by atoms with van der Waals surface area (Å²) < 4.78 is 2.29. The second-order valence-electron chi connectivity index (χ2n) is 5.23. The molecule has 0 fully saturated rings. The number of carbonyl (C=O) groups excluding carboxylic acids is 1. The van der Waals surface area contributed by atoms with Gasteiger partial charge in [0.05, 0.1) is 0 Å². The van der Waals surface area contributed by atoms with E-state index in [0.717, 1.165) is 6.92 Å². The van der Waals surface area contributed by atoms with Crippen LogP contribution < -0.4 is 9.67 Å². The van der Waals surface area contributed by atoms with Crippen molar-refractivity contribution in [2.75, 3.05) is 0 Å². The van der Waals surface area contributed by atoms with Gasteiger partial charge in [-0.3, -0.25) is 0 Å². The lowest BCUT2D eigenvalue weighted by Gasteiger charge is -1.99. The fourth-order valence-electron chi connectivity index (χ4n) is 1.93. The predicted octanol–water partition coefficient (Wildman–Crippen LogP) is 2.79. The molecular weight excluding hydrogens is 250 g/mol. The van der Waals surface area contributed by atoms with Crippen molar-refractivity contribution >= 4 is 5.97 Å². The Morgan fingerprint density at radius 1 is 1.05 bits per heavy atom. The number of rotatable bonds is 8. The molecule has 0 saturated heterocycles. The van der Waals surface area contributed by atoms with Gasteiger partial charge in [-0.1, -0.05) is 39.0 Å². The van der Waals surface area contributed by atoms with Crippen LogP contribution in [0.5, 0.6) is 0 Å². The van der Waals surface area contributed by atoms with E-state index in [1.165, 1.54) is 57.1 Å². The van der Waals surface area contributed by atoms with Gasteiger partial charge in [-0.25, -0.2) is 4.57 Å². The molecule has 0 atom stereocenters. The van der Waals surface area contributed by atoms with Crippen LogP contribution in [0.4, 0.5) is 0 Å². The van der Waals surface area contributed by atoms with Gasteiger partial charge in [-0.05, 0) is 25.8 Å². The van der Waals surface area contributed by atoms with E-state index >= 15 is 0 Å². The lowest BCUT2D eigenvalue weighted by atomic mass is 10.1. The highest BCUT2D eigenvalue weighted by atomic mass is 16.4. The van der Waals surface area contributed by atoms with Crippen LogP contribution in [-0.2, 0) is 11.3 Å². The molecule has 1 rings (SSSR count). The first-order chi connectivity index (χ1) is 9.56. The third kappa shape index (κ3) is 13.1. The number of pyridine rings is 1. The van der Waals surface area contributed by atoms with Crippen LogP contribution in [0.3, 0.4) is 0 Å². The van der Waals surface area contributed by atoms with Crippen LogP contribution in [0, 0.1) is 6.92 Å². The van der Waals surface area contributed by atoms with Gasteiger partial charge in [0, 0.05) is 24.5 Å². The number of nitrogens with zero attached hydrogens (tertiary/aromatic N) is 1. The van der Waals surface area contributed by atoms with Crippen LogP contribution in [0.15, 0.2) is 24.5 Å². The smallest absolute Gasteiger partial charge is 0.169 e. The molecule has 0 aromatic carbocycles. The first-order valence-electron chi connectivity index (χ1n) is 7.69. The highest BCUT2D eigenvalue weighted by Crippen LogP contribution is 2.06. The predicted molar refractivity (Wildman–Crippen MR) is 80.0 cm³/mol. The van der Waals surface area contributed by atoms with E-state index in [-0.39, 0.29) is 0 Å². The largest absolute Gasteiger partial charge is 0.550 e. The quantitative estimate of drug-likeness (QED) is 0.542. The summed E-state index contributed by atoms with van der Waals surface area (Å²) in [5, 5.41) is 8.89. The zero-order chi connectivity index (χ0) is 15.2. The molecule has 1 heterocycles. The van der Waals surface area contributed by atoms with Crippen molar-refractivity contribution in [2.45, 2.75) is 72.3 Å². The summed E-state index contributed by atoms with van der Waals surface area (Å²) in [7, 11) is 0. The van der Waals surface area contributed by atoms with Crippen LogP contribution in [0.1, 0.15) is 64.4 Å². The third-order valence-corrected chi connectivity index (χ3v) is 3.08. The van der Waals surface area contributed by atoms with Crippen molar-refractivity contribution in [3.8, 4) is 0 Å². The number of unbranched alkanes of at least 4 members (excludes halogenated alkanes) is 6. The molecule has 1 aromatic heterocycles. The molecule has 0 unspecified atom stereocenters. The zero-order valence-corrected chi connectivity index (χ0v) is 13.2. The SMILES string of the molecule is CC(=O)[O-].CCCCCCCCC[n+]1ccc(C)cc1. The molecule has 114 valence electrons. The maximum atomic E-state index is 8.89. The van der Waals surface area contributed by atoms with Crippen molar-refractivity contribution in [1.82, 2.24) is 0 Å². The van der Waals surface area contributed by atoms with E-state index < -0.39 is 5.97 Å². The van der Waals surface area contributed by atoms with E-state index in [0.29, 0.717) is 0 Å². The van der Waals surface area contributed by atoms with Crippen LogP contribution in [-0.4, -0.2) is 5.97 Å². The first kappa shape index (κ1) is 18.6. The lowest BCUT2D eigenvalue weighted by molar-refractivity contribution is -0.697. The van der Waals surface area contributed by atoms with Gasteiger partial charge in [-0.15, -0.1) is 0 Å². The van der Waals surface area contributed by atoms with Gasteiger partial charge in [0.1, 0.15) is 6.54 Å². The Kier molecular flexibility index (Phi) is 11.8. The number of carboxylic acid groups (broad SMARTS) is 1. The van der Waals surface area contributed by atoms with Gasteiger partial charge in [-0.2, -0.15) is 0 Å². The topological polar surface area (TPSA) is 44.0 Å². The molecule has 0 aliphatic carbocycles. The highest BCUT2D eigenvalue weighted by Gasteiger charge is 1.98. The van der Waals surface area contributed by atoms with Crippen LogP contribution in [0.2, 0.25) is 0 Å². The minimum Gasteiger partial charge on any atom is -0.550 e. The van der Waals surface area contributed by atoms with Gasteiger partial charge in [0.25, 0.3) is 0 Å². The summed E-state index contributed by atoms with van der Waals surface area (Å²) in [6.07, 6.45) is 14.1. The molecule has 1 aromatic rings. The van der Waals surface area contributed by atoms with E-state index in [2.05, 4.69) is 42.9 Å². The Balaban J connectivity index is 0.000000796. The lowest BCUT2D eigenvalue weighted by Crippen LogP contribution is -2.32. The monoisotopic (exact) mass is 279 g/mol. The van der Waals surface area contributed by atoms with Gasteiger partial charge in [0.2, 0.25) is 0 Å². The number of carbonyl (C=O) groups is 1. The molecule has 3 nitrogen and oxygen atoms in total. The normalized spacial score (nSPS) is 9.75. The molecule has 0 aliphatic rings. The van der Waals surface area contributed by atoms with Crippen molar-refractivity contribution in [2.24, 2.45) is 0 Å². The standard InChI is InChI=1S/C15H26N.C2H4O2/c1-3-4-5-6-7-8-9-12-16-13-10-15(2)11-14-16;1-2(3)4/h10-11,13-14H,3-9,12H2,1-2H3;1H3,(H,3,4)/q+1;/p-1. The zero-order valence-electron chi connectivity index (χ0n) is 13.2. The van der Waals surface area contributed by atoms with E-state index in [9.17, 15) is 0 Å². The van der Waals surface area contributed by atoms with E-state index in [4.69, 9.17) is 9.90 Å². The molecule has 0 amide bonds. The Hall–Kier alpha value is -1.38. The van der Waals surface area contributed by atoms with Crippen LogP contribution >= 0.6 is 0 Å². The second-order valence-corrected chi connectivity index (χ2v) is 5.23. The summed E-state index contributed by atoms with van der Waals surface area (Å²) in [6, 6.07) is 4.36. The maximum absolute atomic E-state index is 8.89. The van der Waals surface area contributed by atoms with Crippen molar-refractivity contribution in [3.05, 3.63) is 30.1 Å². The number of aliphatic carboxylic acids is 1. The summed E-state index contributed by atoms with van der Waals surface area (Å²) in [5.41, 5.74) is 1.34. The molecule has 0 aliphatic heterocycles. The number of hydrogen-bond donors (Lipinski definition) is 0. The Labute approximate surface area is 123 Å². The fourth-order valence-corrected chi connectivity index (χ4v) is 1.93. The summed E-state index contributed by atoms with van der Waals surface area (Å²) >= 11 is 0. The summed E-state index contributed by atoms with van der Waals surface area (Å²) in [5.74, 6) is -1.08. The van der Waals surface area contributed by atoms with Gasteiger partial charge >= 0.3 is 0 Å². The van der Waals surface area contributed by atoms with E-state index in [1.54, 1.807) is 0 Å². The molecule has 0 saturated carbocycles. The average Bonchev–Trinajstić information content (AvgIpc) is 2.39. The number of aryl methyl sites for hydroxylation is 2. The molecular formula is C17H29NO2.